The molecule has 0 aliphatic heterocycles. The second-order valence-corrected chi connectivity index (χ2v) is 4.16. The summed E-state index contributed by atoms with van der Waals surface area (Å²) in [6, 6.07) is 12.7. The first-order chi connectivity index (χ1) is 8.76. The van der Waals surface area contributed by atoms with Gasteiger partial charge in [0.1, 0.15) is 0 Å². The number of aldehydes is 1. The number of hydrogen-bond donors (Lipinski definition) is 0. The van der Waals surface area contributed by atoms with Crippen LogP contribution < -0.4 is 0 Å². The summed E-state index contributed by atoms with van der Waals surface area (Å²) >= 11 is 10.6. The molecule has 0 heterocycles. The SMILES string of the molecule is O=Cc1ccccc1-c1ccc(Cl)c(N=C=S)c1. The molecule has 2 aromatic carbocycles. The quantitative estimate of drug-likeness (QED) is 0.466. The molecule has 2 aromatic rings. The van der Waals surface area contributed by atoms with Gasteiger partial charge in [0, 0.05) is 5.56 Å². The van der Waals surface area contributed by atoms with E-state index in [9.17, 15) is 4.79 Å². The summed E-state index contributed by atoms with van der Waals surface area (Å²) in [7, 11) is 0. The third-order valence-corrected chi connectivity index (χ3v) is 2.92. The minimum absolute atomic E-state index is 0.500. The Morgan fingerprint density at radius 3 is 2.72 bits per heavy atom. The summed E-state index contributed by atoms with van der Waals surface area (Å²) in [6.07, 6.45) is 0.825. The maximum Gasteiger partial charge on any atom is 0.150 e. The average molecular weight is 274 g/mol. The number of carbonyl (C=O) groups is 1. The van der Waals surface area contributed by atoms with Gasteiger partial charge in [0.25, 0.3) is 0 Å². The predicted molar refractivity (Wildman–Crippen MR) is 77.0 cm³/mol. The van der Waals surface area contributed by atoms with Gasteiger partial charge in [-0.2, -0.15) is 4.99 Å². The normalized spacial score (nSPS) is 9.61. The zero-order valence-corrected chi connectivity index (χ0v) is 10.8. The van der Waals surface area contributed by atoms with Crippen LogP contribution in [0.2, 0.25) is 5.02 Å². The molecule has 0 unspecified atom stereocenters. The second-order valence-electron chi connectivity index (χ2n) is 3.57. The van der Waals surface area contributed by atoms with Crippen molar-refractivity contribution in [2.24, 2.45) is 4.99 Å². The van der Waals surface area contributed by atoms with Crippen molar-refractivity contribution < 1.29 is 4.79 Å². The molecule has 0 spiro atoms. The first kappa shape index (κ1) is 12.7. The van der Waals surface area contributed by atoms with Crippen LogP contribution >= 0.6 is 23.8 Å². The van der Waals surface area contributed by atoms with Crippen LogP contribution in [0, 0.1) is 0 Å². The van der Waals surface area contributed by atoms with Crippen molar-refractivity contribution >= 4 is 41.0 Å². The molecule has 18 heavy (non-hydrogen) atoms. The summed E-state index contributed by atoms with van der Waals surface area (Å²) in [5.74, 6) is 0. The number of hydrogen-bond acceptors (Lipinski definition) is 3. The average Bonchev–Trinajstić information content (AvgIpc) is 2.41. The molecule has 0 aromatic heterocycles. The first-order valence-electron chi connectivity index (χ1n) is 5.18. The molecule has 0 radical (unpaired) electrons. The number of benzene rings is 2. The number of rotatable bonds is 3. The van der Waals surface area contributed by atoms with E-state index < -0.39 is 0 Å². The van der Waals surface area contributed by atoms with E-state index in [1.165, 1.54) is 0 Å². The number of isothiocyanates is 1. The highest BCUT2D eigenvalue weighted by Crippen LogP contribution is 2.31. The smallest absolute Gasteiger partial charge is 0.150 e. The van der Waals surface area contributed by atoms with Crippen LogP contribution in [0.1, 0.15) is 10.4 Å². The summed E-state index contributed by atoms with van der Waals surface area (Å²) < 4.78 is 0. The molecule has 0 bridgehead atoms. The molecule has 0 amide bonds. The lowest BCUT2D eigenvalue weighted by atomic mass is 10.00. The molecule has 0 fully saturated rings. The summed E-state index contributed by atoms with van der Waals surface area (Å²) in [6.45, 7) is 0. The topological polar surface area (TPSA) is 29.4 Å². The predicted octanol–water partition coefficient (Wildman–Crippen LogP) is 4.55. The molecule has 0 atom stereocenters. The molecule has 0 aliphatic carbocycles. The molecule has 4 heteroatoms. The lowest BCUT2D eigenvalue weighted by Crippen LogP contribution is -1.86. The van der Waals surface area contributed by atoms with E-state index in [2.05, 4.69) is 22.4 Å². The molecule has 0 saturated carbocycles. The highest BCUT2D eigenvalue weighted by Gasteiger charge is 2.06. The van der Waals surface area contributed by atoms with Gasteiger partial charge in [0.05, 0.1) is 15.9 Å². The Morgan fingerprint density at radius 1 is 1.22 bits per heavy atom. The fourth-order valence-corrected chi connectivity index (χ4v) is 1.94. The van der Waals surface area contributed by atoms with E-state index in [-0.39, 0.29) is 0 Å². The molecule has 88 valence electrons. The minimum Gasteiger partial charge on any atom is -0.298 e. The Bertz CT molecular complexity index is 648. The van der Waals surface area contributed by atoms with E-state index in [1.807, 2.05) is 24.3 Å². The third-order valence-electron chi connectivity index (χ3n) is 2.51. The van der Waals surface area contributed by atoms with Crippen molar-refractivity contribution in [1.82, 2.24) is 0 Å². The Labute approximate surface area is 115 Å². The van der Waals surface area contributed by atoms with Gasteiger partial charge in [-0.25, -0.2) is 0 Å². The Balaban J connectivity index is 2.61. The van der Waals surface area contributed by atoms with Crippen LogP contribution in [0.4, 0.5) is 5.69 Å². The minimum atomic E-state index is 0.500. The van der Waals surface area contributed by atoms with E-state index in [0.717, 1.165) is 17.4 Å². The highest BCUT2D eigenvalue weighted by molar-refractivity contribution is 7.78. The van der Waals surface area contributed by atoms with E-state index in [1.54, 1.807) is 18.2 Å². The number of aliphatic imine (C=N–C) groups is 1. The van der Waals surface area contributed by atoms with Gasteiger partial charge in [0.15, 0.2) is 6.29 Å². The van der Waals surface area contributed by atoms with Gasteiger partial charge < -0.3 is 0 Å². The fourth-order valence-electron chi connectivity index (χ4n) is 1.68. The maximum atomic E-state index is 11.0. The van der Waals surface area contributed by atoms with Crippen molar-refractivity contribution in [3.05, 3.63) is 53.1 Å². The van der Waals surface area contributed by atoms with Crippen molar-refractivity contribution in [3.8, 4) is 11.1 Å². The Hall–Kier alpha value is -1.80. The van der Waals surface area contributed by atoms with Crippen LogP contribution in [-0.2, 0) is 0 Å². The number of carbonyl (C=O) groups excluding carboxylic acids is 1. The van der Waals surface area contributed by atoms with Gasteiger partial charge in [-0.1, -0.05) is 41.9 Å². The van der Waals surface area contributed by atoms with E-state index in [0.29, 0.717) is 16.3 Å². The van der Waals surface area contributed by atoms with Crippen LogP contribution in [-0.4, -0.2) is 11.4 Å². The molecule has 0 saturated heterocycles. The monoisotopic (exact) mass is 273 g/mol. The van der Waals surface area contributed by atoms with Gasteiger partial charge >= 0.3 is 0 Å². The van der Waals surface area contributed by atoms with E-state index >= 15 is 0 Å². The van der Waals surface area contributed by atoms with Gasteiger partial charge in [-0.15, -0.1) is 0 Å². The zero-order chi connectivity index (χ0) is 13.0. The Kier molecular flexibility index (Phi) is 4.00. The van der Waals surface area contributed by atoms with Crippen molar-refractivity contribution in [1.29, 1.82) is 0 Å². The molecule has 2 rings (SSSR count). The number of halogens is 1. The standard InChI is InChI=1S/C14H8ClNOS/c15-13-6-5-10(7-14(13)16-9-18)12-4-2-1-3-11(12)8-17/h1-8H. The summed E-state index contributed by atoms with van der Waals surface area (Å²) in [5, 5.41) is 2.79. The highest BCUT2D eigenvalue weighted by atomic mass is 35.5. The second kappa shape index (κ2) is 5.69. The molecular formula is C14H8ClNOS. The molecule has 0 N–H and O–H groups in total. The first-order valence-corrected chi connectivity index (χ1v) is 5.97. The van der Waals surface area contributed by atoms with E-state index in [4.69, 9.17) is 11.6 Å². The number of thiocarbonyl (C=S) groups is 1. The van der Waals surface area contributed by atoms with Gasteiger partial charge in [-0.05, 0) is 35.5 Å². The molecule has 0 aliphatic rings. The van der Waals surface area contributed by atoms with Crippen molar-refractivity contribution in [2.45, 2.75) is 0 Å². The lowest BCUT2D eigenvalue weighted by Gasteiger charge is -2.06. The molecule has 2 nitrogen and oxygen atoms in total. The molecular weight excluding hydrogens is 266 g/mol. The summed E-state index contributed by atoms with van der Waals surface area (Å²) in [5.41, 5.74) is 2.87. The number of nitrogens with zero attached hydrogens (tertiary/aromatic N) is 1. The van der Waals surface area contributed by atoms with Gasteiger partial charge in [-0.3, -0.25) is 4.79 Å². The maximum absolute atomic E-state index is 11.0. The van der Waals surface area contributed by atoms with Crippen LogP contribution in [0.3, 0.4) is 0 Å². The van der Waals surface area contributed by atoms with Crippen molar-refractivity contribution in [2.75, 3.05) is 0 Å². The Morgan fingerprint density at radius 2 is 2.00 bits per heavy atom. The lowest BCUT2D eigenvalue weighted by molar-refractivity contribution is 0.112. The zero-order valence-electron chi connectivity index (χ0n) is 9.26. The van der Waals surface area contributed by atoms with Crippen LogP contribution in [0.15, 0.2) is 47.5 Å². The van der Waals surface area contributed by atoms with Crippen LogP contribution in [0.25, 0.3) is 11.1 Å². The fraction of sp³-hybridized carbons (Fsp3) is 0. The largest absolute Gasteiger partial charge is 0.298 e. The van der Waals surface area contributed by atoms with Crippen molar-refractivity contribution in [3.63, 3.8) is 0 Å². The summed E-state index contributed by atoms with van der Waals surface area (Å²) in [4.78, 5) is 14.9. The van der Waals surface area contributed by atoms with Gasteiger partial charge in [0.2, 0.25) is 0 Å². The third kappa shape index (κ3) is 2.54. The van der Waals surface area contributed by atoms with Crippen LogP contribution in [0.5, 0.6) is 0 Å².